The summed E-state index contributed by atoms with van der Waals surface area (Å²) < 4.78 is 4.54. The maximum Gasteiger partial charge on any atom is 0.321 e. The van der Waals surface area contributed by atoms with Crippen molar-refractivity contribution >= 4 is 11.9 Å². The van der Waals surface area contributed by atoms with Crippen LogP contribution in [0, 0.1) is 5.92 Å². The Kier molecular flexibility index (Phi) is 16.9. The molecular weight excluding hydrogens is 360 g/mol. The first-order chi connectivity index (χ1) is 14.2. The van der Waals surface area contributed by atoms with Crippen molar-refractivity contribution in [3.8, 4) is 0 Å². The highest BCUT2D eigenvalue weighted by Gasteiger charge is 2.30. The topological polar surface area (TPSA) is 43.4 Å². The highest BCUT2D eigenvalue weighted by molar-refractivity contribution is 5.95. The SMILES string of the molecule is CCCCCCCCCCCCCCCCCCCC/C=C/[C@@H]1CC(=O)OC1=O. The van der Waals surface area contributed by atoms with Gasteiger partial charge in [0, 0.05) is 0 Å². The van der Waals surface area contributed by atoms with Crippen molar-refractivity contribution in [2.45, 2.75) is 135 Å². The summed E-state index contributed by atoms with van der Waals surface area (Å²) in [6, 6.07) is 0. The first-order valence-corrected chi connectivity index (χ1v) is 12.6. The lowest BCUT2D eigenvalue weighted by atomic mass is 10.0. The van der Waals surface area contributed by atoms with Gasteiger partial charge in [0.25, 0.3) is 0 Å². The van der Waals surface area contributed by atoms with Crippen LogP contribution in [-0.2, 0) is 14.3 Å². The molecule has 0 aliphatic carbocycles. The summed E-state index contributed by atoms with van der Waals surface area (Å²) in [5.41, 5.74) is 0. The fraction of sp³-hybridized carbons (Fsp3) is 0.846. The molecule has 0 bridgehead atoms. The number of hydrogen-bond acceptors (Lipinski definition) is 3. The number of esters is 2. The number of rotatable bonds is 20. The first kappa shape index (κ1) is 25.9. The van der Waals surface area contributed by atoms with Crippen LogP contribution in [0.4, 0.5) is 0 Å². The van der Waals surface area contributed by atoms with E-state index in [2.05, 4.69) is 11.7 Å². The van der Waals surface area contributed by atoms with Gasteiger partial charge < -0.3 is 4.74 Å². The van der Waals surface area contributed by atoms with Crippen LogP contribution in [0.5, 0.6) is 0 Å². The van der Waals surface area contributed by atoms with E-state index in [4.69, 9.17) is 0 Å². The van der Waals surface area contributed by atoms with E-state index in [0.29, 0.717) is 0 Å². The Morgan fingerprint density at radius 1 is 0.690 bits per heavy atom. The Morgan fingerprint density at radius 3 is 1.48 bits per heavy atom. The minimum atomic E-state index is -0.391. The minimum Gasteiger partial charge on any atom is -0.393 e. The molecule has 3 heteroatoms. The molecule has 0 aromatic rings. The van der Waals surface area contributed by atoms with Gasteiger partial charge in [-0.05, 0) is 12.8 Å². The molecule has 0 spiro atoms. The van der Waals surface area contributed by atoms with E-state index in [1.165, 1.54) is 116 Å². The zero-order valence-corrected chi connectivity index (χ0v) is 19.1. The zero-order valence-electron chi connectivity index (χ0n) is 19.1. The Labute approximate surface area is 180 Å². The van der Waals surface area contributed by atoms with Crippen LogP contribution < -0.4 is 0 Å². The quantitative estimate of drug-likeness (QED) is 0.0888. The average molecular weight is 407 g/mol. The second-order valence-electron chi connectivity index (χ2n) is 8.83. The third kappa shape index (κ3) is 15.4. The summed E-state index contributed by atoms with van der Waals surface area (Å²) in [5, 5.41) is 0. The maximum atomic E-state index is 11.3. The third-order valence-corrected chi connectivity index (χ3v) is 6.00. The summed E-state index contributed by atoms with van der Waals surface area (Å²) >= 11 is 0. The van der Waals surface area contributed by atoms with E-state index in [1.54, 1.807) is 0 Å². The molecule has 168 valence electrons. The van der Waals surface area contributed by atoms with Gasteiger partial charge in [-0.1, -0.05) is 128 Å². The van der Waals surface area contributed by atoms with Gasteiger partial charge in [0.15, 0.2) is 0 Å². The largest absolute Gasteiger partial charge is 0.393 e. The molecule has 1 heterocycles. The molecule has 1 aliphatic heterocycles. The normalized spacial score (nSPS) is 16.8. The molecule has 29 heavy (non-hydrogen) atoms. The van der Waals surface area contributed by atoms with Gasteiger partial charge in [0.2, 0.25) is 0 Å². The lowest BCUT2D eigenvalue weighted by Crippen LogP contribution is -2.03. The third-order valence-electron chi connectivity index (χ3n) is 6.00. The molecule has 1 fully saturated rings. The van der Waals surface area contributed by atoms with Crippen molar-refractivity contribution in [2.24, 2.45) is 5.92 Å². The molecule has 0 amide bonds. The summed E-state index contributed by atoms with van der Waals surface area (Å²) in [4.78, 5) is 22.3. The number of allylic oxidation sites excluding steroid dienone is 1. The van der Waals surface area contributed by atoms with E-state index in [1.807, 2.05) is 12.2 Å². The number of carbonyl (C=O) groups excluding carboxylic acids is 2. The van der Waals surface area contributed by atoms with Crippen LogP contribution in [0.3, 0.4) is 0 Å². The molecule has 1 saturated heterocycles. The summed E-state index contributed by atoms with van der Waals surface area (Å²) in [6.45, 7) is 2.28. The second-order valence-corrected chi connectivity index (χ2v) is 8.83. The van der Waals surface area contributed by atoms with E-state index >= 15 is 0 Å². The summed E-state index contributed by atoms with van der Waals surface area (Å²) in [7, 11) is 0. The van der Waals surface area contributed by atoms with Crippen molar-refractivity contribution in [1.82, 2.24) is 0 Å². The Bertz CT molecular complexity index is 441. The Balaban J connectivity index is 1.72. The molecule has 0 radical (unpaired) electrons. The van der Waals surface area contributed by atoms with Crippen LogP contribution in [0.25, 0.3) is 0 Å². The molecule has 1 aliphatic rings. The van der Waals surface area contributed by atoms with Crippen molar-refractivity contribution in [1.29, 1.82) is 0 Å². The van der Waals surface area contributed by atoms with Gasteiger partial charge >= 0.3 is 11.9 Å². The number of unbranched alkanes of at least 4 members (excludes halogenated alkanes) is 18. The monoisotopic (exact) mass is 406 g/mol. The fourth-order valence-corrected chi connectivity index (χ4v) is 4.06. The molecule has 0 N–H and O–H groups in total. The predicted molar refractivity (Wildman–Crippen MR) is 122 cm³/mol. The van der Waals surface area contributed by atoms with Crippen LogP contribution >= 0.6 is 0 Å². The minimum absolute atomic E-state index is 0.217. The summed E-state index contributed by atoms with van der Waals surface area (Å²) in [6.07, 6.45) is 30.1. The summed E-state index contributed by atoms with van der Waals surface area (Å²) in [5.74, 6) is -1.11. The molecule has 0 saturated carbocycles. The van der Waals surface area contributed by atoms with Crippen molar-refractivity contribution in [3.63, 3.8) is 0 Å². The van der Waals surface area contributed by atoms with Gasteiger partial charge in [-0.2, -0.15) is 0 Å². The number of cyclic esters (lactones) is 2. The van der Waals surface area contributed by atoms with Gasteiger partial charge in [-0.15, -0.1) is 0 Å². The maximum absolute atomic E-state index is 11.3. The molecule has 1 atom stereocenters. The highest BCUT2D eigenvalue weighted by atomic mass is 16.6. The Morgan fingerprint density at radius 2 is 1.10 bits per heavy atom. The lowest BCUT2D eigenvalue weighted by molar-refractivity contribution is -0.152. The molecular formula is C26H46O3. The van der Waals surface area contributed by atoms with Gasteiger partial charge in [-0.3, -0.25) is 9.59 Å². The number of ether oxygens (including phenoxy) is 1. The highest BCUT2D eigenvalue weighted by Crippen LogP contribution is 2.18. The van der Waals surface area contributed by atoms with E-state index in [9.17, 15) is 9.59 Å². The first-order valence-electron chi connectivity index (χ1n) is 12.6. The molecule has 0 aromatic heterocycles. The standard InChI is InChI=1S/C26H46O3/c1-2-3-4-5-6-7-8-9-10-11-12-13-14-15-16-17-18-19-20-21-22-24-23-25(27)29-26(24)28/h21-22,24H,2-20,23H2,1H3/b22-21+/t24-/m1/s1. The molecule has 0 unspecified atom stereocenters. The molecule has 3 nitrogen and oxygen atoms in total. The van der Waals surface area contributed by atoms with E-state index in [0.717, 1.165) is 6.42 Å². The van der Waals surface area contributed by atoms with Crippen LogP contribution in [-0.4, -0.2) is 11.9 Å². The Hall–Kier alpha value is -1.12. The fourth-order valence-electron chi connectivity index (χ4n) is 4.06. The van der Waals surface area contributed by atoms with Crippen molar-refractivity contribution in [3.05, 3.63) is 12.2 Å². The predicted octanol–water partition coefficient (Wildman–Crippen LogP) is 8.06. The second kappa shape index (κ2) is 18.9. The number of carbonyl (C=O) groups is 2. The van der Waals surface area contributed by atoms with Crippen LogP contribution in [0.1, 0.15) is 135 Å². The zero-order chi connectivity index (χ0) is 21.0. The lowest BCUT2D eigenvalue weighted by Gasteiger charge is -2.03. The van der Waals surface area contributed by atoms with Crippen LogP contribution in [0.2, 0.25) is 0 Å². The van der Waals surface area contributed by atoms with E-state index in [-0.39, 0.29) is 18.3 Å². The van der Waals surface area contributed by atoms with Gasteiger partial charge in [-0.25, -0.2) is 0 Å². The number of hydrogen-bond donors (Lipinski definition) is 0. The molecule has 0 aromatic carbocycles. The van der Waals surface area contributed by atoms with E-state index < -0.39 is 5.97 Å². The molecule has 1 rings (SSSR count). The smallest absolute Gasteiger partial charge is 0.321 e. The average Bonchev–Trinajstić information content (AvgIpc) is 3.03. The van der Waals surface area contributed by atoms with Crippen LogP contribution in [0.15, 0.2) is 12.2 Å². The van der Waals surface area contributed by atoms with Crippen molar-refractivity contribution in [2.75, 3.05) is 0 Å². The van der Waals surface area contributed by atoms with Gasteiger partial charge in [0.05, 0.1) is 12.3 Å². The van der Waals surface area contributed by atoms with Crippen molar-refractivity contribution < 1.29 is 14.3 Å². The van der Waals surface area contributed by atoms with Gasteiger partial charge in [0.1, 0.15) is 0 Å².